The Kier molecular flexibility index (Phi) is 3.88. The van der Waals surface area contributed by atoms with Crippen LogP contribution in [-0.2, 0) is 4.79 Å². The van der Waals surface area contributed by atoms with E-state index in [1.165, 1.54) is 0 Å². The summed E-state index contributed by atoms with van der Waals surface area (Å²) in [6, 6.07) is 14.7. The molecule has 0 spiro atoms. The van der Waals surface area contributed by atoms with Gasteiger partial charge in [0.05, 0.1) is 6.42 Å². The first-order valence-electron chi connectivity index (χ1n) is 6.72. The van der Waals surface area contributed by atoms with Crippen molar-refractivity contribution in [3.63, 3.8) is 0 Å². The number of carbonyl (C=O) groups is 2. The Morgan fingerprint density at radius 2 is 1.95 bits per heavy atom. The summed E-state index contributed by atoms with van der Waals surface area (Å²) in [5.74, 6) is 0.184. The molecule has 0 fully saturated rings. The summed E-state index contributed by atoms with van der Waals surface area (Å²) in [5.41, 5.74) is 1.58. The number of rotatable bonds is 3. The molecule has 0 bridgehead atoms. The van der Waals surface area contributed by atoms with Gasteiger partial charge in [-0.25, -0.2) is 0 Å². The molecule has 1 heterocycles. The van der Waals surface area contributed by atoms with E-state index in [9.17, 15) is 9.59 Å². The van der Waals surface area contributed by atoms with E-state index in [4.69, 9.17) is 4.74 Å². The molecule has 2 aromatic carbocycles. The number of carbonyl (C=O) groups excluding carboxylic acids is 2. The van der Waals surface area contributed by atoms with Gasteiger partial charge in [0, 0.05) is 27.9 Å². The van der Waals surface area contributed by atoms with Gasteiger partial charge in [-0.15, -0.1) is 0 Å². The maximum absolute atomic E-state index is 12.4. The molecule has 2 aromatic rings. The zero-order valence-electron chi connectivity index (χ0n) is 11.2. The van der Waals surface area contributed by atoms with Crippen molar-refractivity contribution in [1.82, 2.24) is 0 Å². The Labute approximate surface area is 131 Å². The Morgan fingerprint density at radius 3 is 2.71 bits per heavy atom. The SMILES string of the molecule is O=C1C[C@H](CC(=O)c2ccccc2)c2cc(Br)ccc2O1. The topological polar surface area (TPSA) is 43.4 Å². The normalized spacial score (nSPS) is 17.0. The van der Waals surface area contributed by atoms with Gasteiger partial charge >= 0.3 is 5.97 Å². The maximum Gasteiger partial charge on any atom is 0.311 e. The van der Waals surface area contributed by atoms with Crippen molar-refractivity contribution >= 4 is 27.7 Å². The van der Waals surface area contributed by atoms with Crippen molar-refractivity contribution in [2.45, 2.75) is 18.8 Å². The number of halogens is 1. The first kappa shape index (κ1) is 14.0. The van der Waals surface area contributed by atoms with Gasteiger partial charge in [0.1, 0.15) is 5.75 Å². The third-order valence-corrected chi connectivity index (χ3v) is 4.07. The van der Waals surface area contributed by atoms with E-state index in [1.54, 1.807) is 18.2 Å². The van der Waals surface area contributed by atoms with Crippen LogP contribution >= 0.6 is 15.9 Å². The molecular formula is C17H13BrO3. The van der Waals surface area contributed by atoms with Crippen molar-refractivity contribution in [2.75, 3.05) is 0 Å². The summed E-state index contributed by atoms with van der Waals surface area (Å²) in [4.78, 5) is 24.0. The molecule has 0 aromatic heterocycles. The fourth-order valence-electron chi connectivity index (χ4n) is 2.55. The van der Waals surface area contributed by atoms with Crippen LogP contribution in [0.4, 0.5) is 0 Å². The van der Waals surface area contributed by atoms with Gasteiger partial charge in [-0.1, -0.05) is 46.3 Å². The number of ketones is 1. The highest BCUT2D eigenvalue weighted by atomic mass is 79.9. The van der Waals surface area contributed by atoms with Crippen LogP contribution in [0.2, 0.25) is 0 Å². The second kappa shape index (κ2) is 5.82. The lowest BCUT2D eigenvalue weighted by Crippen LogP contribution is -2.22. The Balaban J connectivity index is 1.88. The highest BCUT2D eigenvalue weighted by Crippen LogP contribution is 2.38. The fraction of sp³-hybridized carbons (Fsp3) is 0.176. The Hall–Kier alpha value is -1.94. The Morgan fingerprint density at radius 1 is 1.19 bits per heavy atom. The third-order valence-electron chi connectivity index (χ3n) is 3.58. The lowest BCUT2D eigenvalue weighted by molar-refractivity contribution is -0.135. The molecular weight excluding hydrogens is 332 g/mol. The minimum Gasteiger partial charge on any atom is -0.426 e. The van der Waals surface area contributed by atoms with Gasteiger partial charge in [-0.05, 0) is 18.2 Å². The summed E-state index contributed by atoms with van der Waals surface area (Å²) in [5, 5.41) is 0. The number of benzene rings is 2. The van der Waals surface area contributed by atoms with E-state index < -0.39 is 0 Å². The fourth-order valence-corrected chi connectivity index (χ4v) is 2.93. The van der Waals surface area contributed by atoms with Crippen LogP contribution in [0.25, 0.3) is 0 Å². The van der Waals surface area contributed by atoms with E-state index in [0.717, 1.165) is 10.0 Å². The van der Waals surface area contributed by atoms with Crippen LogP contribution in [0.3, 0.4) is 0 Å². The molecule has 1 atom stereocenters. The number of ether oxygens (including phenoxy) is 1. The summed E-state index contributed by atoms with van der Waals surface area (Å²) < 4.78 is 6.15. The van der Waals surface area contributed by atoms with E-state index in [0.29, 0.717) is 17.7 Å². The number of Topliss-reactive ketones (excluding diaryl/α,β-unsaturated/α-hetero) is 1. The van der Waals surface area contributed by atoms with Crippen molar-refractivity contribution in [2.24, 2.45) is 0 Å². The lowest BCUT2D eigenvalue weighted by atomic mass is 9.87. The van der Waals surface area contributed by atoms with Gasteiger partial charge in [-0.3, -0.25) is 9.59 Å². The highest BCUT2D eigenvalue weighted by Gasteiger charge is 2.29. The van der Waals surface area contributed by atoms with E-state index in [-0.39, 0.29) is 24.1 Å². The van der Waals surface area contributed by atoms with Gasteiger partial charge in [-0.2, -0.15) is 0 Å². The summed E-state index contributed by atoms with van der Waals surface area (Å²) in [7, 11) is 0. The quantitative estimate of drug-likeness (QED) is 0.478. The van der Waals surface area contributed by atoms with Crippen LogP contribution in [0.1, 0.15) is 34.7 Å². The first-order chi connectivity index (χ1) is 10.1. The molecule has 0 saturated heterocycles. The van der Waals surface area contributed by atoms with Crippen molar-refractivity contribution < 1.29 is 14.3 Å². The largest absolute Gasteiger partial charge is 0.426 e. The molecule has 0 unspecified atom stereocenters. The second-order valence-electron chi connectivity index (χ2n) is 5.05. The lowest BCUT2D eigenvalue weighted by Gasteiger charge is -2.24. The van der Waals surface area contributed by atoms with Crippen LogP contribution in [-0.4, -0.2) is 11.8 Å². The first-order valence-corrected chi connectivity index (χ1v) is 7.51. The molecule has 0 amide bonds. The number of fused-ring (bicyclic) bond motifs is 1. The molecule has 3 rings (SSSR count). The van der Waals surface area contributed by atoms with Crippen LogP contribution in [0.15, 0.2) is 53.0 Å². The molecule has 1 aliphatic heterocycles. The molecule has 0 aliphatic carbocycles. The molecule has 4 heteroatoms. The predicted octanol–water partition coefficient (Wildman–Crippen LogP) is 4.11. The van der Waals surface area contributed by atoms with Gasteiger partial charge in [0.15, 0.2) is 5.78 Å². The monoisotopic (exact) mass is 344 g/mol. The number of hydrogen-bond donors (Lipinski definition) is 0. The zero-order valence-corrected chi connectivity index (χ0v) is 12.8. The summed E-state index contributed by atoms with van der Waals surface area (Å²) in [6.45, 7) is 0. The van der Waals surface area contributed by atoms with Crippen LogP contribution < -0.4 is 4.74 Å². The number of esters is 1. The Bertz CT molecular complexity index is 694. The van der Waals surface area contributed by atoms with Gasteiger partial charge in [0.25, 0.3) is 0 Å². The van der Waals surface area contributed by atoms with Gasteiger partial charge in [0.2, 0.25) is 0 Å². The molecule has 21 heavy (non-hydrogen) atoms. The van der Waals surface area contributed by atoms with Crippen LogP contribution in [0, 0.1) is 0 Å². The molecule has 106 valence electrons. The number of hydrogen-bond acceptors (Lipinski definition) is 3. The molecule has 1 aliphatic rings. The molecule has 0 saturated carbocycles. The smallest absolute Gasteiger partial charge is 0.311 e. The molecule has 3 nitrogen and oxygen atoms in total. The van der Waals surface area contributed by atoms with E-state index in [2.05, 4.69) is 15.9 Å². The van der Waals surface area contributed by atoms with E-state index >= 15 is 0 Å². The summed E-state index contributed by atoms with van der Waals surface area (Å²) in [6.07, 6.45) is 0.546. The zero-order chi connectivity index (χ0) is 14.8. The predicted molar refractivity (Wildman–Crippen MR) is 82.5 cm³/mol. The van der Waals surface area contributed by atoms with Crippen LogP contribution in [0.5, 0.6) is 5.75 Å². The maximum atomic E-state index is 12.4. The highest BCUT2D eigenvalue weighted by molar-refractivity contribution is 9.10. The second-order valence-corrected chi connectivity index (χ2v) is 5.97. The minimum absolute atomic E-state index is 0.0428. The standard InChI is InChI=1S/C17H13BrO3/c18-13-6-7-16-14(10-13)12(9-17(20)21-16)8-15(19)11-4-2-1-3-5-11/h1-7,10,12H,8-9H2/t12-/m0/s1. The van der Waals surface area contributed by atoms with Crippen molar-refractivity contribution in [3.8, 4) is 5.75 Å². The minimum atomic E-state index is -0.282. The average molecular weight is 345 g/mol. The molecule has 0 N–H and O–H groups in total. The van der Waals surface area contributed by atoms with E-state index in [1.807, 2.05) is 30.3 Å². The van der Waals surface area contributed by atoms with Crippen molar-refractivity contribution in [1.29, 1.82) is 0 Å². The van der Waals surface area contributed by atoms with Crippen molar-refractivity contribution in [3.05, 3.63) is 64.1 Å². The van der Waals surface area contributed by atoms with Gasteiger partial charge < -0.3 is 4.74 Å². The average Bonchev–Trinajstić information content (AvgIpc) is 2.49. The summed E-state index contributed by atoms with van der Waals surface area (Å²) >= 11 is 3.42. The third kappa shape index (κ3) is 3.05. The molecule has 0 radical (unpaired) electrons.